The summed E-state index contributed by atoms with van der Waals surface area (Å²) in [6, 6.07) is 7.97. The van der Waals surface area contributed by atoms with E-state index in [0.29, 0.717) is 36.5 Å². The van der Waals surface area contributed by atoms with Gasteiger partial charge in [0.25, 0.3) is 0 Å². The Balaban J connectivity index is 1.20. The molecule has 40 heavy (non-hydrogen) atoms. The number of nitrogens with two attached hydrogens (primary N) is 1. The highest BCUT2D eigenvalue weighted by Crippen LogP contribution is 2.49. The van der Waals surface area contributed by atoms with Crippen LogP contribution in [0.1, 0.15) is 55.2 Å². The van der Waals surface area contributed by atoms with Gasteiger partial charge < -0.3 is 20.3 Å². The van der Waals surface area contributed by atoms with Crippen molar-refractivity contribution in [2.45, 2.75) is 88.9 Å². The number of nitrogens with one attached hydrogen (secondary N) is 2. The summed E-state index contributed by atoms with van der Waals surface area (Å²) in [5, 5.41) is 7.84. The predicted molar refractivity (Wildman–Crippen MR) is 159 cm³/mol. The average Bonchev–Trinajstić information content (AvgIpc) is 3.38. The van der Waals surface area contributed by atoms with Crippen LogP contribution in [-0.4, -0.2) is 97.6 Å². The standard InChI is InChI=1S/C32H50N6O2/c1-4-29(39)38-15-14-37(20-26(38)19-33)30-27-10-12-32(11-9-23-8-7-22(2)16-24(23)17-32)18-28(27)34-31(35-30)40-21-25-6-5-13-36(25)3/h4,7-8,16,25-28,30-31,34-35H,1,5-6,9-15,17-21,33H2,2-3H3/t25?,26?,27?,28?,30?,31?,32-/m0/s1. The Hall–Kier alpha value is -1.81. The molecule has 7 atom stereocenters. The topological polar surface area (TPSA) is 86.1 Å². The highest BCUT2D eigenvalue weighted by atomic mass is 16.5. The zero-order valence-corrected chi connectivity index (χ0v) is 24.6. The van der Waals surface area contributed by atoms with Gasteiger partial charge in [0.1, 0.15) is 0 Å². The number of carbonyl (C=O) groups excluding carboxylic acids is 1. The van der Waals surface area contributed by atoms with E-state index in [4.69, 9.17) is 10.5 Å². The minimum Gasteiger partial charge on any atom is -0.348 e. The van der Waals surface area contributed by atoms with Gasteiger partial charge in [0.05, 0.1) is 18.8 Å². The largest absolute Gasteiger partial charge is 0.348 e. The minimum atomic E-state index is -0.169. The summed E-state index contributed by atoms with van der Waals surface area (Å²) in [4.78, 5) is 19.4. The lowest BCUT2D eigenvalue weighted by molar-refractivity contribution is -0.137. The molecule has 1 aromatic rings. The third-order valence-corrected chi connectivity index (χ3v) is 10.9. The molecule has 1 spiro atoms. The minimum absolute atomic E-state index is 0.00825. The molecule has 5 aliphatic rings. The van der Waals surface area contributed by atoms with Crippen LogP contribution in [0.15, 0.2) is 30.9 Å². The predicted octanol–water partition coefficient (Wildman–Crippen LogP) is 2.21. The summed E-state index contributed by atoms with van der Waals surface area (Å²) >= 11 is 0. The molecular weight excluding hydrogens is 500 g/mol. The van der Waals surface area contributed by atoms with Crippen molar-refractivity contribution in [3.63, 3.8) is 0 Å². The SMILES string of the molecule is C=CC(=O)N1CCN(C2NC(OCC3CCCN3C)NC3C[C@@]4(CCc5ccc(C)cc5C4)CCC32)CC1CN. The molecule has 6 rings (SSSR count). The number of aryl methyl sites for hydroxylation is 2. The molecule has 0 radical (unpaired) electrons. The molecule has 0 bridgehead atoms. The number of nitrogens with zero attached hydrogens (tertiary/aromatic N) is 3. The molecule has 1 aromatic carbocycles. The van der Waals surface area contributed by atoms with Crippen molar-refractivity contribution >= 4 is 5.91 Å². The van der Waals surface area contributed by atoms with E-state index >= 15 is 0 Å². The van der Waals surface area contributed by atoms with Crippen LogP contribution < -0.4 is 16.4 Å². The van der Waals surface area contributed by atoms with Crippen molar-refractivity contribution in [3.8, 4) is 0 Å². The third-order valence-electron chi connectivity index (χ3n) is 10.9. The molecule has 3 aliphatic heterocycles. The van der Waals surface area contributed by atoms with Crippen LogP contribution in [0.3, 0.4) is 0 Å². The van der Waals surface area contributed by atoms with Crippen LogP contribution in [0.5, 0.6) is 0 Å². The maximum atomic E-state index is 12.5. The summed E-state index contributed by atoms with van der Waals surface area (Å²) in [6.45, 7) is 10.6. The zero-order valence-electron chi connectivity index (χ0n) is 24.6. The van der Waals surface area contributed by atoms with E-state index in [1.807, 2.05) is 4.90 Å². The van der Waals surface area contributed by atoms with Gasteiger partial charge >= 0.3 is 0 Å². The maximum Gasteiger partial charge on any atom is 0.246 e. The Labute approximate surface area is 240 Å². The molecule has 2 aliphatic carbocycles. The smallest absolute Gasteiger partial charge is 0.246 e. The lowest BCUT2D eigenvalue weighted by atomic mass is 9.59. The van der Waals surface area contributed by atoms with Crippen LogP contribution in [0.25, 0.3) is 0 Å². The molecule has 8 nitrogen and oxygen atoms in total. The molecule has 0 aromatic heterocycles. The van der Waals surface area contributed by atoms with Crippen LogP contribution in [0.4, 0.5) is 0 Å². The van der Waals surface area contributed by atoms with Gasteiger partial charge in [-0.15, -0.1) is 0 Å². The quantitative estimate of drug-likeness (QED) is 0.469. The molecule has 4 fully saturated rings. The van der Waals surface area contributed by atoms with Gasteiger partial charge in [-0.2, -0.15) is 0 Å². The van der Waals surface area contributed by atoms with E-state index in [1.165, 1.54) is 63.0 Å². The summed E-state index contributed by atoms with van der Waals surface area (Å²) < 4.78 is 6.59. The Morgan fingerprint density at radius 3 is 2.83 bits per heavy atom. The summed E-state index contributed by atoms with van der Waals surface area (Å²) in [6.07, 6.45) is 11.3. The molecule has 8 heteroatoms. The average molecular weight is 551 g/mol. The van der Waals surface area contributed by atoms with Crippen LogP contribution >= 0.6 is 0 Å². The van der Waals surface area contributed by atoms with Gasteiger partial charge in [-0.05, 0) is 94.5 Å². The van der Waals surface area contributed by atoms with E-state index in [-0.39, 0.29) is 24.5 Å². The van der Waals surface area contributed by atoms with E-state index in [1.54, 1.807) is 11.1 Å². The Bertz CT molecular complexity index is 1080. The Morgan fingerprint density at radius 1 is 1.18 bits per heavy atom. The number of piperazine rings is 1. The lowest BCUT2D eigenvalue weighted by Gasteiger charge is -2.56. The Kier molecular flexibility index (Phi) is 8.37. The molecule has 220 valence electrons. The number of fused-ring (bicyclic) bond motifs is 2. The number of ether oxygens (including phenoxy) is 1. The molecule has 6 unspecified atom stereocenters. The van der Waals surface area contributed by atoms with Gasteiger partial charge in [-0.1, -0.05) is 30.3 Å². The molecule has 4 N–H and O–H groups in total. The number of carbonyl (C=O) groups is 1. The molecule has 3 heterocycles. The van der Waals surface area contributed by atoms with Crippen molar-refractivity contribution in [2.75, 3.05) is 46.4 Å². The van der Waals surface area contributed by atoms with Crippen molar-refractivity contribution < 1.29 is 9.53 Å². The fraction of sp³-hybridized carbons (Fsp3) is 0.719. The summed E-state index contributed by atoms with van der Waals surface area (Å²) in [7, 11) is 2.21. The van der Waals surface area contributed by atoms with Gasteiger partial charge in [0, 0.05) is 44.2 Å². The monoisotopic (exact) mass is 550 g/mol. The first kappa shape index (κ1) is 28.3. The maximum absolute atomic E-state index is 12.5. The number of hydrogen-bond acceptors (Lipinski definition) is 7. The van der Waals surface area contributed by atoms with E-state index in [2.05, 4.69) is 59.2 Å². The van der Waals surface area contributed by atoms with Crippen LogP contribution in [0.2, 0.25) is 0 Å². The zero-order chi connectivity index (χ0) is 27.9. The fourth-order valence-electron chi connectivity index (χ4n) is 8.53. The van der Waals surface area contributed by atoms with Crippen molar-refractivity contribution in [3.05, 3.63) is 47.5 Å². The first-order valence-corrected chi connectivity index (χ1v) is 15.7. The van der Waals surface area contributed by atoms with Crippen molar-refractivity contribution in [1.29, 1.82) is 0 Å². The third kappa shape index (κ3) is 5.63. The van der Waals surface area contributed by atoms with Crippen molar-refractivity contribution in [2.24, 2.45) is 17.1 Å². The number of benzene rings is 1. The normalized spacial score (nSPS) is 36.8. The fourth-order valence-corrected chi connectivity index (χ4v) is 8.53. The van der Waals surface area contributed by atoms with Gasteiger partial charge in [-0.3, -0.25) is 20.3 Å². The number of rotatable bonds is 6. The second-order valence-electron chi connectivity index (χ2n) is 13.4. The number of amides is 1. The number of likely N-dealkylation sites (tertiary alicyclic amines) is 1. The molecular formula is C32H50N6O2. The summed E-state index contributed by atoms with van der Waals surface area (Å²) in [5.74, 6) is 0.485. The Morgan fingerprint density at radius 2 is 2.05 bits per heavy atom. The first-order chi connectivity index (χ1) is 19.4. The lowest BCUT2D eigenvalue weighted by Crippen LogP contribution is -2.73. The first-order valence-electron chi connectivity index (χ1n) is 15.7. The van der Waals surface area contributed by atoms with Crippen LogP contribution in [-0.2, 0) is 22.4 Å². The molecule has 1 saturated carbocycles. The second kappa shape index (κ2) is 11.8. The van der Waals surface area contributed by atoms with E-state index in [0.717, 1.165) is 26.2 Å². The second-order valence-corrected chi connectivity index (χ2v) is 13.4. The van der Waals surface area contributed by atoms with Gasteiger partial charge in [0.2, 0.25) is 5.91 Å². The van der Waals surface area contributed by atoms with Gasteiger partial charge in [0.15, 0.2) is 6.35 Å². The molecule has 3 saturated heterocycles. The summed E-state index contributed by atoms with van der Waals surface area (Å²) in [5.41, 5.74) is 11.1. The van der Waals surface area contributed by atoms with Crippen molar-refractivity contribution in [1.82, 2.24) is 25.3 Å². The molecule has 1 amide bonds. The van der Waals surface area contributed by atoms with Gasteiger partial charge in [-0.25, -0.2) is 0 Å². The van der Waals surface area contributed by atoms with E-state index < -0.39 is 0 Å². The highest BCUT2D eigenvalue weighted by Gasteiger charge is 2.50. The number of likely N-dealkylation sites (N-methyl/N-ethyl adjacent to an activating group) is 1. The number of hydrogen-bond donors (Lipinski definition) is 3. The van der Waals surface area contributed by atoms with E-state index in [9.17, 15) is 4.79 Å². The highest BCUT2D eigenvalue weighted by molar-refractivity contribution is 5.87. The van der Waals surface area contributed by atoms with Crippen LogP contribution in [0, 0.1) is 18.3 Å².